The molecule has 3 aromatic rings. The van der Waals surface area contributed by atoms with Crippen LogP contribution in [0.3, 0.4) is 0 Å². The average Bonchev–Trinajstić information content (AvgIpc) is 3.01. The van der Waals surface area contributed by atoms with E-state index in [4.69, 9.17) is 0 Å². The van der Waals surface area contributed by atoms with Crippen molar-refractivity contribution in [1.29, 1.82) is 0 Å². The number of nitrogens with one attached hydrogen (secondary N) is 1. The van der Waals surface area contributed by atoms with Crippen LogP contribution in [0.1, 0.15) is 26.6 Å². The number of aryl methyl sites for hydroxylation is 2. The highest BCUT2D eigenvalue weighted by Crippen LogP contribution is 2.13. The van der Waals surface area contributed by atoms with Gasteiger partial charge in [0.15, 0.2) is 0 Å². The number of carbonyl (C=O) groups is 1. The lowest BCUT2D eigenvalue weighted by molar-refractivity contribution is 0.0948. The normalized spacial score (nSPS) is 11.3. The summed E-state index contributed by atoms with van der Waals surface area (Å²) >= 11 is 1.59. The fourth-order valence-corrected chi connectivity index (χ4v) is 2.89. The first-order valence-corrected chi connectivity index (χ1v) is 7.36. The summed E-state index contributed by atoms with van der Waals surface area (Å²) in [5.41, 5.74) is 5.64. The van der Waals surface area contributed by atoms with Crippen LogP contribution in [-0.2, 0) is 0 Å². The predicted molar refractivity (Wildman–Crippen MR) is 84.0 cm³/mol. The van der Waals surface area contributed by atoms with E-state index in [0.717, 1.165) is 16.1 Å². The molecule has 1 N–H and O–H groups in total. The van der Waals surface area contributed by atoms with Gasteiger partial charge in [0.2, 0.25) is 0 Å². The van der Waals surface area contributed by atoms with Gasteiger partial charge in [-0.1, -0.05) is 6.07 Å². The molecule has 0 spiro atoms. The lowest BCUT2D eigenvalue weighted by Crippen LogP contribution is -2.20. The van der Waals surface area contributed by atoms with Gasteiger partial charge in [0.25, 0.3) is 5.91 Å². The lowest BCUT2D eigenvalue weighted by atomic mass is 10.3. The minimum atomic E-state index is -0.267. The maximum Gasteiger partial charge on any atom is 0.290 e. The zero-order valence-electron chi connectivity index (χ0n) is 11.7. The second-order valence-corrected chi connectivity index (χ2v) is 5.59. The zero-order chi connectivity index (χ0) is 14.8. The van der Waals surface area contributed by atoms with Crippen molar-refractivity contribution in [1.82, 2.24) is 14.8 Å². The Balaban J connectivity index is 1.83. The molecule has 0 aliphatic carbocycles. The monoisotopic (exact) mass is 298 g/mol. The summed E-state index contributed by atoms with van der Waals surface area (Å²) in [5, 5.41) is 6.02. The average molecular weight is 298 g/mol. The standard InChI is InChI=1S/C15H14N4OS/c1-10-6-8-21-12(10)9-16-18-15(20)14-11(2)17-13-5-3-4-7-19(13)14/h3-9H,1-2H3,(H,18,20)/b16-9-. The van der Waals surface area contributed by atoms with Crippen LogP contribution in [-0.4, -0.2) is 21.5 Å². The molecule has 0 aliphatic rings. The minimum absolute atomic E-state index is 0.267. The van der Waals surface area contributed by atoms with Gasteiger partial charge in [-0.15, -0.1) is 11.3 Å². The predicted octanol–water partition coefficient (Wildman–Crippen LogP) is 2.78. The Kier molecular flexibility index (Phi) is 3.53. The van der Waals surface area contributed by atoms with Gasteiger partial charge in [0.1, 0.15) is 11.3 Å². The second kappa shape index (κ2) is 5.49. The van der Waals surface area contributed by atoms with E-state index in [1.807, 2.05) is 49.7 Å². The highest BCUT2D eigenvalue weighted by atomic mass is 32.1. The highest BCUT2D eigenvalue weighted by Gasteiger charge is 2.15. The zero-order valence-corrected chi connectivity index (χ0v) is 12.5. The van der Waals surface area contributed by atoms with Crippen molar-refractivity contribution in [3.05, 3.63) is 57.7 Å². The first-order chi connectivity index (χ1) is 10.2. The number of imidazole rings is 1. The fraction of sp³-hybridized carbons (Fsp3) is 0.133. The van der Waals surface area contributed by atoms with E-state index >= 15 is 0 Å². The summed E-state index contributed by atoms with van der Waals surface area (Å²) in [6, 6.07) is 7.63. The number of rotatable bonds is 3. The van der Waals surface area contributed by atoms with Crippen molar-refractivity contribution in [2.75, 3.05) is 0 Å². The van der Waals surface area contributed by atoms with Gasteiger partial charge in [0, 0.05) is 11.1 Å². The van der Waals surface area contributed by atoms with Gasteiger partial charge < -0.3 is 0 Å². The molecule has 0 bridgehead atoms. The van der Waals surface area contributed by atoms with Crippen LogP contribution >= 0.6 is 11.3 Å². The summed E-state index contributed by atoms with van der Waals surface area (Å²) in [4.78, 5) is 17.7. The summed E-state index contributed by atoms with van der Waals surface area (Å²) in [7, 11) is 0. The number of thiophene rings is 1. The Labute approximate surface area is 126 Å². The summed E-state index contributed by atoms with van der Waals surface area (Å²) in [5.74, 6) is -0.267. The molecule has 0 aliphatic heterocycles. The lowest BCUT2D eigenvalue weighted by Gasteiger charge is -2.01. The molecule has 0 fully saturated rings. The van der Waals surface area contributed by atoms with Gasteiger partial charge in [-0.3, -0.25) is 9.20 Å². The molecule has 106 valence electrons. The number of hydrogen-bond donors (Lipinski definition) is 1. The molecule has 5 nitrogen and oxygen atoms in total. The van der Waals surface area contributed by atoms with Crippen LogP contribution in [0.5, 0.6) is 0 Å². The molecule has 0 radical (unpaired) electrons. The number of nitrogens with zero attached hydrogens (tertiary/aromatic N) is 3. The van der Waals surface area contributed by atoms with E-state index in [-0.39, 0.29) is 5.91 Å². The molecule has 1 amide bonds. The minimum Gasteiger partial charge on any atom is -0.295 e. The van der Waals surface area contributed by atoms with Crippen LogP contribution in [0.2, 0.25) is 0 Å². The quantitative estimate of drug-likeness (QED) is 0.597. The third-order valence-corrected chi connectivity index (χ3v) is 4.12. The van der Waals surface area contributed by atoms with Crippen molar-refractivity contribution < 1.29 is 4.79 Å². The van der Waals surface area contributed by atoms with Gasteiger partial charge in [-0.25, -0.2) is 10.4 Å². The molecule has 0 saturated carbocycles. The molecule has 0 aromatic carbocycles. The number of amides is 1. The third-order valence-electron chi connectivity index (χ3n) is 3.17. The molecule has 0 unspecified atom stereocenters. The first-order valence-electron chi connectivity index (χ1n) is 6.48. The highest BCUT2D eigenvalue weighted by molar-refractivity contribution is 7.11. The number of fused-ring (bicyclic) bond motifs is 1. The molecule has 3 rings (SSSR count). The topological polar surface area (TPSA) is 58.8 Å². The van der Waals surface area contributed by atoms with E-state index in [0.29, 0.717) is 11.4 Å². The van der Waals surface area contributed by atoms with Gasteiger partial charge in [0.05, 0.1) is 11.9 Å². The maximum atomic E-state index is 12.3. The smallest absolute Gasteiger partial charge is 0.290 e. The van der Waals surface area contributed by atoms with E-state index in [2.05, 4.69) is 15.5 Å². The number of pyridine rings is 1. The Morgan fingerprint density at radius 3 is 3.00 bits per heavy atom. The molecule has 21 heavy (non-hydrogen) atoms. The van der Waals surface area contributed by atoms with E-state index < -0.39 is 0 Å². The van der Waals surface area contributed by atoms with Crippen LogP contribution in [0, 0.1) is 13.8 Å². The molecular weight excluding hydrogens is 284 g/mol. The fourth-order valence-electron chi connectivity index (χ4n) is 2.11. The molecule has 0 saturated heterocycles. The van der Waals surface area contributed by atoms with Crippen molar-refractivity contribution in [2.45, 2.75) is 13.8 Å². The number of hydrogen-bond acceptors (Lipinski definition) is 4. The van der Waals surface area contributed by atoms with Gasteiger partial charge in [-0.05, 0) is 43.0 Å². The van der Waals surface area contributed by atoms with Crippen LogP contribution in [0.15, 0.2) is 40.9 Å². The van der Waals surface area contributed by atoms with Crippen LogP contribution in [0.4, 0.5) is 0 Å². The molecule has 6 heteroatoms. The molecule has 3 aromatic heterocycles. The molecule has 0 atom stereocenters. The van der Waals surface area contributed by atoms with Crippen molar-refractivity contribution in [3.63, 3.8) is 0 Å². The SMILES string of the molecule is Cc1ccsc1/C=N\NC(=O)c1c(C)nc2ccccn12. The van der Waals surface area contributed by atoms with Crippen molar-refractivity contribution in [3.8, 4) is 0 Å². The first kappa shape index (κ1) is 13.5. The number of aromatic nitrogens is 2. The van der Waals surface area contributed by atoms with Crippen LogP contribution in [0.25, 0.3) is 5.65 Å². The van der Waals surface area contributed by atoms with E-state index in [9.17, 15) is 4.79 Å². The Hall–Kier alpha value is -2.47. The maximum absolute atomic E-state index is 12.3. The Morgan fingerprint density at radius 2 is 2.24 bits per heavy atom. The summed E-state index contributed by atoms with van der Waals surface area (Å²) in [6.07, 6.45) is 3.48. The molecule has 3 heterocycles. The van der Waals surface area contributed by atoms with Crippen molar-refractivity contribution >= 4 is 29.1 Å². The van der Waals surface area contributed by atoms with Gasteiger partial charge >= 0.3 is 0 Å². The van der Waals surface area contributed by atoms with E-state index in [1.165, 1.54) is 0 Å². The van der Waals surface area contributed by atoms with Crippen LogP contribution < -0.4 is 5.43 Å². The number of hydrazone groups is 1. The van der Waals surface area contributed by atoms with Gasteiger partial charge in [-0.2, -0.15) is 5.10 Å². The summed E-state index contributed by atoms with van der Waals surface area (Å²) < 4.78 is 1.76. The van der Waals surface area contributed by atoms with E-state index in [1.54, 1.807) is 22.0 Å². The summed E-state index contributed by atoms with van der Waals surface area (Å²) in [6.45, 7) is 3.82. The number of carbonyl (C=O) groups excluding carboxylic acids is 1. The third kappa shape index (κ3) is 2.57. The Bertz CT molecular complexity index is 831. The molecular formula is C15H14N4OS. The van der Waals surface area contributed by atoms with Crippen molar-refractivity contribution in [2.24, 2.45) is 5.10 Å². The largest absolute Gasteiger partial charge is 0.295 e. The Morgan fingerprint density at radius 1 is 1.38 bits per heavy atom. The second-order valence-electron chi connectivity index (χ2n) is 4.64.